The Morgan fingerprint density at radius 1 is 1.33 bits per heavy atom. The zero-order chi connectivity index (χ0) is 16.7. The Kier molecular flexibility index (Phi) is 3.82. The lowest BCUT2D eigenvalue weighted by Gasteiger charge is -2.16. The fourth-order valence-electron chi connectivity index (χ4n) is 2.75. The van der Waals surface area contributed by atoms with Crippen LogP contribution in [0.1, 0.15) is 16.5 Å². The van der Waals surface area contributed by atoms with E-state index in [-0.39, 0.29) is 11.2 Å². The molecule has 3 heterocycles. The summed E-state index contributed by atoms with van der Waals surface area (Å²) < 4.78 is 3.75. The second-order valence-electron chi connectivity index (χ2n) is 5.51. The van der Waals surface area contributed by atoms with E-state index in [0.717, 1.165) is 16.9 Å². The number of anilines is 1. The standard InChI is InChI=1S/C16H14ClN5OS/c1-21-7-10(6-19-21)15-14-16(20-13(23)8-24-15)18-9-22(14)12-4-2-11(17)3-5-12/h2-7,9,15H,8H2,1H3,(H,20,23). The molecule has 0 bridgehead atoms. The van der Waals surface area contributed by atoms with Gasteiger partial charge < -0.3 is 5.32 Å². The van der Waals surface area contributed by atoms with Gasteiger partial charge in [0, 0.05) is 29.5 Å². The van der Waals surface area contributed by atoms with Crippen LogP contribution in [0, 0.1) is 0 Å². The van der Waals surface area contributed by atoms with Gasteiger partial charge in [-0.05, 0) is 24.3 Å². The molecule has 1 aliphatic heterocycles. The van der Waals surface area contributed by atoms with Gasteiger partial charge in [-0.25, -0.2) is 4.98 Å². The second-order valence-corrected chi connectivity index (χ2v) is 7.04. The maximum Gasteiger partial charge on any atom is 0.235 e. The van der Waals surface area contributed by atoms with Gasteiger partial charge in [0.2, 0.25) is 5.91 Å². The first-order valence-electron chi connectivity index (χ1n) is 7.35. The number of rotatable bonds is 2. The highest BCUT2D eigenvalue weighted by molar-refractivity contribution is 8.00. The van der Waals surface area contributed by atoms with Crippen LogP contribution in [0.25, 0.3) is 5.69 Å². The monoisotopic (exact) mass is 359 g/mol. The lowest BCUT2D eigenvalue weighted by molar-refractivity contribution is -0.113. The minimum absolute atomic E-state index is 0.0363. The van der Waals surface area contributed by atoms with E-state index in [4.69, 9.17) is 11.6 Å². The maximum absolute atomic E-state index is 12.0. The minimum Gasteiger partial charge on any atom is -0.308 e. The van der Waals surface area contributed by atoms with E-state index in [0.29, 0.717) is 16.6 Å². The van der Waals surface area contributed by atoms with Crippen LogP contribution in [-0.2, 0) is 11.8 Å². The van der Waals surface area contributed by atoms with Crippen molar-refractivity contribution in [3.63, 3.8) is 0 Å². The summed E-state index contributed by atoms with van der Waals surface area (Å²) in [6.07, 6.45) is 5.52. The third-order valence-electron chi connectivity index (χ3n) is 3.82. The molecular weight excluding hydrogens is 346 g/mol. The molecule has 0 aliphatic carbocycles. The summed E-state index contributed by atoms with van der Waals surface area (Å²) in [6.45, 7) is 0. The predicted octanol–water partition coefficient (Wildman–Crippen LogP) is 3.03. The van der Waals surface area contributed by atoms with Crippen molar-refractivity contribution in [2.45, 2.75) is 5.25 Å². The van der Waals surface area contributed by atoms with Gasteiger partial charge in [0.1, 0.15) is 6.33 Å². The number of imidazole rings is 1. The molecule has 0 saturated carbocycles. The van der Waals surface area contributed by atoms with Crippen LogP contribution < -0.4 is 5.32 Å². The zero-order valence-corrected chi connectivity index (χ0v) is 14.4. The molecule has 0 radical (unpaired) electrons. The smallest absolute Gasteiger partial charge is 0.235 e. The van der Waals surface area contributed by atoms with Crippen LogP contribution in [0.5, 0.6) is 0 Å². The molecule has 1 N–H and O–H groups in total. The van der Waals surface area contributed by atoms with E-state index in [2.05, 4.69) is 15.4 Å². The number of aromatic nitrogens is 4. The van der Waals surface area contributed by atoms with Crippen LogP contribution in [0.15, 0.2) is 43.0 Å². The number of carbonyl (C=O) groups excluding carboxylic acids is 1. The van der Waals surface area contributed by atoms with E-state index in [1.807, 2.05) is 48.3 Å². The molecule has 3 aromatic rings. The first kappa shape index (κ1) is 15.3. The summed E-state index contributed by atoms with van der Waals surface area (Å²) >= 11 is 7.56. The summed E-state index contributed by atoms with van der Waals surface area (Å²) in [5, 5.41) is 7.79. The van der Waals surface area contributed by atoms with Gasteiger partial charge in [-0.1, -0.05) is 11.6 Å². The molecule has 8 heteroatoms. The lowest BCUT2D eigenvalue weighted by atomic mass is 10.1. The number of hydrogen-bond acceptors (Lipinski definition) is 4. The van der Waals surface area contributed by atoms with Crippen molar-refractivity contribution in [1.29, 1.82) is 0 Å². The molecule has 122 valence electrons. The van der Waals surface area contributed by atoms with E-state index < -0.39 is 0 Å². The first-order chi connectivity index (χ1) is 11.6. The molecular formula is C16H14ClN5OS. The fraction of sp³-hybridized carbons (Fsp3) is 0.188. The Hall–Kier alpha value is -2.25. The van der Waals surface area contributed by atoms with Crippen LogP contribution in [0.4, 0.5) is 5.82 Å². The zero-order valence-electron chi connectivity index (χ0n) is 12.8. The number of aryl methyl sites for hydroxylation is 1. The normalized spacial score (nSPS) is 17.2. The van der Waals surface area contributed by atoms with Crippen LogP contribution in [-0.4, -0.2) is 31.0 Å². The Morgan fingerprint density at radius 3 is 2.83 bits per heavy atom. The molecule has 1 atom stereocenters. The average molecular weight is 360 g/mol. The molecule has 0 spiro atoms. The van der Waals surface area contributed by atoms with Gasteiger partial charge in [0.05, 0.1) is 22.9 Å². The molecule has 1 amide bonds. The number of benzene rings is 1. The number of fused-ring (bicyclic) bond motifs is 1. The SMILES string of the molecule is Cn1cc(C2SCC(=O)Nc3ncn(-c4ccc(Cl)cc4)c32)cn1. The van der Waals surface area contributed by atoms with Gasteiger partial charge in [-0.15, -0.1) is 11.8 Å². The summed E-state index contributed by atoms with van der Waals surface area (Å²) in [6, 6.07) is 7.54. The molecule has 1 unspecified atom stereocenters. The van der Waals surface area contributed by atoms with Crippen molar-refractivity contribution in [2.24, 2.45) is 7.05 Å². The van der Waals surface area contributed by atoms with Crippen molar-refractivity contribution >= 4 is 35.1 Å². The predicted molar refractivity (Wildman–Crippen MR) is 94.7 cm³/mol. The van der Waals surface area contributed by atoms with E-state index in [9.17, 15) is 4.79 Å². The van der Waals surface area contributed by atoms with Gasteiger partial charge in [-0.3, -0.25) is 14.0 Å². The Morgan fingerprint density at radius 2 is 2.12 bits per heavy atom. The highest BCUT2D eigenvalue weighted by Crippen LogP contribution is 2.41. The summed E-state index contributed by atoms with van der Waals surface area (Å²) in [5.74, 6) is 0.916. The van der Waals surface area contributed by atoms with Gasteiger partial charge in [0.25, 0.3) is 0 Å². The number of thioether (sulfide) groups is 1. The highest BCUT2D eigenvalue weighted by atomic mass is 35.5. The Labute approximate surface area is 147 Å². The van der Waals surface area contributed by atoms with E-state index in [1.165, 1.54) is 0 Å². The topological polar surface area (TPSA) is 64.7 Å². The summed E-state index contributed by atoms with van der Waals surface area (Å²) in [7, 11) is 1.88. The van der Waals surface area contributed by atoms with Crippen molar-refractivity contribution in [2.75, 3.05) is 11.1 Å². The number of nitrogens with one attached hydrogen (secondary N) is 1. The van der Waals surface area contributed by atoms with Gasteiger partial charge in [-0.2, -0.15) is 5.10 Å². The maximum atomic E-state index is 12.0. The second kappa shape index (κ2) is 5.99. The first-order valence-corrected chi connectivity index (χ1v) is 8.77. The molecule has 6 nitrogen and oxygen atoms in total. The fourth-order valence-corrected chi connectivity index (χ4v) is 3.96. The number of carbonyl (C=O) groups is 1. The molecule has 1 aromatic carbocycles. The lowest BCUT2D eigenvalue weighted by Crippen LogP contribution is -2.12. The third-order valence-corrected chi connectivity index (χ3v) is 5.33. The van der Waals surface area contributed by atoms with E-state index in [1.54, 1.807) is 22.8 Å². The van der Waals surface area contributed by atoms with Crippen molar-refractivity contribution in [3.05, 3.63) is 59.3 Å². The largest absolute Gasteiger partial charge is 0.308 e. The average Bonchev–Trinajstić information content (AvgIpc) is 3.12. The van der Waals surface area contributed by atoms with Crippen LogP contribution >= 0.6 is 23.4 Å². The molecule has 2 aromatic heterocycles. The molecule has 0 fully saturated rings. The summed E-state index contributed by atoms with van der Waals surface area (Å²) in [4.78, 5) is 16.4. The number of amides is 1. The number of nitrogens with zero attached hydrogens (tertiary/aromatic N) is 4. The molecule has 4 rings (SSSR count). The Bertz CT molecular complexity index is 902. The highest BCUT2D eigenvalue weighted by Gasteiger charge is 2.29. The van der Waals surface area contributed by atoms with Crippen molar-refractivity contribution < 1.29 is 4.79 Å². The minimum atomic E-state index is -0.0472. The van der Waals surface area contributed by atoms with Gasteiger partial charge in [0.15, 0.2) is 5.82 Å². The number of halogens is 1. The van der Waals surface area contributed by atoms with Crippen molar-refractivity contribution in [3.8, 4) is 5.69 Å². The van der Waals surface area contributed by atoms with Gasteiger partial charge >= 0.3 is 0 Å². The number of hydrogen-bond donors (Lipinski definition) is 1. The molecule has 0 saturated heterocycles. The molecule has 24 heavy (non-hydrogen) atoms. The quantitative estimate of drug-likeness (QED) is 0.763. The van der Waals surface area contributed by atoms with Crippen LogP contribution in [0.2, 0.25) is 5.02 Å². The Balaban J connectivity index is 1.87. The van der Waals surface area contributed by atoms with Crippen molar-refractivity contribution in [1.82, 2.24) is 19.3 Å². The van der Waals surface area contributed by atoms with E-state index >= 15 is 0 Å². The van der Waals surface area contributed by atoms with Crippen LogP contribution in [0.3, 0.4) is 0 Å². The summed E-state index contributed by atoms with van der Waals surface area (Å²) in [5.41, 5.74) is 2.91. The molecule has 1 aliphatic rings. The third kappa shape index (κ3) is 2.70.